The lowest BCUT2D eigenvalue weighted by Crippen LogP contribution is -2.47. The first-order chi connectivity index (χ1) is 16.9. The number of hydrogen-bond acceptors (Lipinski definition) is 1. The summed E-state index contributed by atoms with van der Waals surface area (Å²) in [5.74, 6) is 4.27. The Labute approximate surface area is 213 Å². The van der Waals surface area contributed by atoms with E-state index < -0.39 is 0 Å². The second-order valence-corrected chi connectivity index (χ2v) is 10.9. The number of terminal acetylenes is 1. The SMILES string of the molecule is C#CC1=C(c2ccccc2)C=C(C(C)C)CC=C1CC1C[C@@H](C)N(C(C)c2ccccc2)[C@@H](C)C1. The first kappa shape index (κ1) is 25.3. The highest BCUT2D eigenvalue weighted by atomic mass is 15.2. The molecule has 2 aliphatic rings. The molecule has 4 atom stereocenters. The van der Waals surface area contributed by atoms with Crippen LogP contribution in [0, 0.1) is 24.2 Å². The van der Waals surface area contributed by atoms with Crippen LogP contribution in [0.15, 0.2) is 89.5 Å². The van der Waals surface area contributed by atoms with Crippen LogP contribution in [0.1, 0.15) is 77.5 Å². The molecule has 0 N–H and O–H groups in total. The zero-order valence-electron chi connectivity index (χ0n) is 22.2. The highest BCUT2D eigenvalue weighted by Crippen LogP contribution is 2.40. The van der Waals surface area contributed by atoms with E-state index in [1.165, 1.54) is 40.7 Å². The summed E-state index contributed by atoms with van der Waals surface area (Å²) in [7, 11) is 0. The van der Waals surface area contributed by atoms with Gasteiger partial charge >= 0.3 is 0 Å². The van der Waals surface area contributed by atoms with Gasteiger partial charge in [-0.1, -0.05) is 98.2 Å². The van der Waals surface area contributed by atoms with Crippen LogP contribution < -0.4 is 0 Å². The molecule has 1 nitrogen and oxygen atoms in total. The van der Waals surface area contributed by atoms with Gasteiger partial charge in [-0.25, -0.2) is 0 Å². The summed E-state index contributed by atoms with van der Waals surface area (Å²) in [6.45, 7) is 11.8. The molecule has 1 saturated heterocycles. The molecule has 2 unspecified atom stereocenters. The number of likely N-dealkylation sites (tertiary alicyclic amines) is 1. The van der Waals surface area contributed by atoms with Crippen LogP contribution in [0.25, 0.3) is 5.57 Å². The summed E-state index contributed by atoms with van der Waals surface area (Å²) in [5, 5.41) is 0. The fourth-order valence-corrected chi connectivity index (χ4v) is 6.32. The van der Waals surface area contributed by atoms with Gasteiger partial charge in [-0.2, -0.15) is 0 Å². The van der Waals surface area contributed by atoms with Gasteiger partial charge in [0.15, 0.2) is 0 Å². The molecule has 182 valence electrons. The highest BCUT2D eigenvalue weighted by Gasteiger charge is 2.34. The molecular formula is C34H41N. The van der Waals surface area contributed by atoms with Gasteiger partial charge < -0.3 is 0 Å². The molecule has 35 heavy (non-hydrogen) atoms. The van der Waals surface area contributed by atoms with E-state index in [0.717, 1.165) is 18.4 Å². The van der Waals surface area contributed by atoms with Crippen molar-refractivity contribution in [3.05, 3.63) is 101 Å². The Kier molecular flexibility index (Phi) is 8.15. The Morgan fingerprint density at radius 2 is 1.51 bits per heavy atom. The molecule has 1 heterocycles. The molecule has 0 aromatic heterocycles. The van der Waals surface area contributed by atoms with Gasteiger partial charge in [-0.15, -0.1) is 6.42 Å². The zero-order valence-corrected chi connectivity index (χ0v) is 22.2. The van der Waals surface area contributed by atoms with Gasteiger partial charge in [0.25, 0.3) is 0 Å². The number of nitrogens with zero attached hydrogens (tertiary/aromatic N) is 1. The Balaban J connectivity index is 1.58. The summed E-state index contributed by atoms with van der Waals surface area (Å²) < 4.78 is 0. The van der Waals surface area contributed by atoms with Crippen molar-refractivity contribution in [3.8, 4) is 12.3 Å². The average Bonchev–Trinajstić information content (AvgIpc) is 3.04. The van der Waals surface area contributed by atoms with Crippen molar-refractivity contribution in [1.82, 2.24) is 4.90 Å². The predicted molar refractivity (Wildman–Crippen MR) is 151 cm³/mol. The lowest BCUT2D eigenvalue weighted by Gasteiger charge is -2.46. The monoisotopic (exact) mass is 463 g/mol. The number of rotatable bonds is 6. The summed E-state index contributed by atoms with van der Waals surface area (Å²) in [4.78, 5) is 2.72. The third-order valence-corrected chi connectivity index (χ3v) is 8.08. The molecular weight excluding hydrogens is 422 g/mol. The van der Waals surface area contributed by atoms with Crippen molar-refractivity contribution in [1.29, 1.82) is 0 Å². The molecule has 1 aliphatic carbocycles. The summed E-state index contributed by atoms with van der Waals surface area (Å²) in [6.07, 6.45) is 15.5. The summed E-state index contributed by atoms with van der Waals surface area (Å²) >= 11 is 0. The molecule has 1 fully saturated rings. The molecule has 2 aromatic carbocycles. The molecule has 0 amide bonds. The lowest BCUT2D eigenvalue weighted by molar-refractivity contribution is 0.0352. The Morgan fingerprint density at radius 3 is 2.09 bits per heavy atom. The summed E-state index contributed by atoms with van der Waals surface area (Å²) in [5.41, 5.74) is 7.77. The molecule has 2 aromatic rings. The van der Waals surface area contributed by atoms with Crippen LogP contribution >= 0.6 is 0 Å². The second-order valence-electron chi connectivity index (χ2n) is 10.9. The minimum absolute atomic E-state index is 0.433. The number of allylic oxidation sites excluding steroid dienone is 6. The minimum atomic E-state index is 0.433. The zero-order chi connectivity index (χ0) is 24.9. The molecule has 1 heteroatoms. The van der Waals surface area contributed by atoms with E-state index in [2.05, 4.69) is 118 Å². The normalized spacial score (nSPS) is 24.4. The van der Waals surface area contributed by atoms with E-state index in [9.17, 15) is 0 Å². The highest BCUT2D eigenvalue weighted by molar-refractivity contribution is 5.84. The van der Waals surface area contributed by atoms with E-state index in [4.69, 9.17) is 6.42 Å². The third kappa shape index (κ3) is 5.71. The molecule has 1 aliphatic heterocycles. The maximum absolute atomic E-state index is 6.21. The van der Waals surface area contributed by atoms with Crippen molar-refractivity contribution in [2.24, 2.45) is 11.8 Å². The van der Waals surface area contributed by atoms with Gasteiger partial charge in [-0.3, -0.25) is 4.90 Å². The van der Waals surface area contributed by atoms with Gasteiger partial charge in [0.05, 0.1) is 0 Å². The quantitative estimate of drug-likeness (QED) is 0.388. The van der Waals surface area contributed by atoms with E-state index >= 15 is 0 Å². The van der Waals surface area contributed by atoms with E-state index in [1.807, 2.05) is 0 Å². The third-order valence-electron chi connectivity index (χ3n) is 8.08. The first-order valence-corrected chi connectivity index (χ1v) is 13.4. The van der Waals surface area contributed by atoms with Crippen LogP contribution in [0.3, 0.4) is 0 Å². The lowest BCUT2D eigenvalue weighted by atomic mass is 9.79. The van der Waals surface area contributed by atoms with Crippen molar-refractivity contribution >= 4 is 5.57 Å². The smallest absolute Gasteiger partial charge is 0.0350 e. The van der Waals surface area contributed by atoms with Crippen LogP contribution in [0.4, 0.5) is 0 Å². The first-order valence-electron chi connectivity index (χ1n) is 13.4. The minimum Gasteiger partial charge on any atom is -0.291 e. The van der Waals surface area contributed by atoms with Crippen molar-refractivity contribution in [2.75, 3.05) is 0 Å². The number of benzene rings is 2. The fourth-order valence-electron chi connectivity index (χ4n) is 6.32. The van der Waals surface area contributed by atoms with Crippen LogP contribution in [-0.4, -0.2) is 17.0 Å². The molecule has 0 saturated carbocycles. The molecule has 0 spiro atoms. The van der Waals surface area contributed by atoms with E-state index in [-0.39, 0.29) is 0 Å². The van der Waals surface area contributed by atoms with E-state index in [0.29, 0.717) is 30.0 Å². The Hall–Kier alpha value is -2.82. The van der Waals surface area contributed by atoms with Gasteiger partial charge in [-0.05, 0) is 80.6 Å². The van der Waals surface area contributed by atoms with Gasteiger partial charge in [0.1, 0.15) is 0 Å². The number of piperidine rings is 1. The van der Waals surface area contributed by atoms with Crippen LogP contribution in [0.5, 0.6) is 0 Å². The van der Waals surface area contributed by atoms with Gasteiger partial charge in [0, 0.05) is 23.7 Å². The topological polar surface area (TPSA) is 3.24 Å². The van der Waals surface area contributed by atoms with Crippen molar-refractivity contribution < 1.29 is 0 Å². The largest absolute Gasteiger partial charge is 0.291 e. The predicted octanol–water partition coefficient (Wildman–Crippen LogP) is 8.63. The van der Waals surface area contributed by atoms with Crippen LogP contribution in [-0.2, 0) is 0 Å². The fraction of sp³-hybridized carbons (Fsp3) is 0.412. The van der Waals surface area contributed by atoms with E-state index in [1.54, 1.807) is 0 Å². The van der Waals surface area contributed by atoms with Crippen molar-refractivity contribution in [3.63, 3.8) is 0 Å². The molecule has 4 rings (SSSR count). The van der Waals surface area contributed by atoms with Gasteiger partial charge in [0.2, 0.25) is 0 Å². The average molecular weight is 464 g/mol. The summed E-state index contributed by atoms with van der Waals surface area (Å²) in [6, 6.07) is 23.2. The molecule has 0 radical (unpaired) electrons. The Morgan fingerprint density at radius 1 is 0.914 bits per heavy atom. The van der Waals surface area contributed by atoms with Crippen molar-refractivity contribution in [2.45, 2.75) is 78.4 Å². The van der Waals surface area contributed by atoms with Crippen LogP contribution in [0.2, 0.25) is 0 Å². The maximum atomic E-state index is 6.21. The maximum Gasteiger partial charge on any atom is 0.0350 e. The number of hydrogen-bond donors (Lipinski definition) is 0. The molecule has 0 bridgehead atoms. The Bertz CT molecular complexity index is 1110. The standard InChI is InChI=1S/C34H41N/c1-7-33-32(19-18-31(24(2)3)23-34(33)30-16-12-9-13-17-30)22-28-20-25(4)35(26(5)21-28)27(6)29-14-10-8-11-15-29/h1,8-17,19,23-28H,18,20-22H2,2-6H3/t25-,26+,27?,28?. The second kappa shape index (κ2) is 11.3.